The molecule has 1 aromatic carbocycles. The molecule has 3 rings (SSSR count). The molecule has 4 nitrogen and oxygen atoms in total. The monoisotopic (exact) mass is 370 g/mol. The van der Waals surface area contributed by atoms with Crippen molar-refractivity contribution in [2.75, 3.05) is 14.2 Å². The lowest BCUT2D eigenvalue weighted by Gasteiger charge is -2.44. The van der Waals surface area contributed by atoms with Gasteiger partial charge in [-0.15, -0.1) is 0 Å². The molecule has 0 saturated carbocycles. The molecule has 132 valence electrons. The van der Waals surface area contributed by atoms with Crippen molar-refractivity contribution in [2.24, 2.45) is 11.1 Å². The van der Waals surface area contributed by atoms with Crippen molar-refractivity contribution in [3.63, 3.8) is 0 Å². The highest BCUT2D eigenvalue weighted by molar-refractivity contribution is 6.42. The Balaban J connectivity index is 2.05. The number of hydrogen-bond acceptors (Lipinski definition) is 4. The number of benzene rings is 1. The Morgan fingerprint density at radius 3 is 2.71 bits per heavy atom. The Morgan fingerprint density at radius 1 is 1.33 bits per heavy atom. The first-order valence-corrected chi connectivity index (χ1v) is 9.18. The molecule has 2 fully saturated rings. The number of aliphatic hydroxyl groups is 1. The fraction of sp³-hybridized carbons (Fsp3) is 0.611. The first-order chi connectivity index (χ1) is 11.5. The van der Waals surface area contributed by atoms with E-state index in [1.807, 2.05) is 18.2 Å². The Kier molecular flexibility index (Phi) is 5.40. The summed E-state index contributed by atoms with van der Waals surface area (Å²) in [5, 5.41) is 16.1. The van der Waals surface area contributed by atoms with Gasteiger partial charge in [0.05, 0.1) is 21.9 Å². The number of halogens is 2. The zero-order chi connectivity index (χ0) is 17.4. The molecule has 2 heterocycles. The first kappa shape index (κ1) is 18.0. The van der Waals surface area contributed by atoms with Crippen LogP contribution < -0.4 is 0 Å². The topological polar surface area (TPSA) is 45.1 Å². The highest BCUT2D eigenvalue weighted by Crippen LogP contribution is 2.48. The van der Waals surface area contributed by atoms with Gasteiger partial charge in [-0.3, -0.25) is 4.90 Å². The third-order valence-corrected chi connectivity index (χ3v) is 6.35. The summed E-state index contributed by atoms with van der Waals surface area (Å²) in [6.07, 6.45) is 2.22. The fourth-order valence-corrected chi connectivity index (χ4v) is 4.83. The van der Waals surface area contributed by atoms with E-state index >= 15 is 0 Å². The van der Waals surface area contributed by atoms with E-state index in [1.165, 1.54) is 0 Å². The second-order valence-corrected chi connectivity index (χ2v) is 7.59. The smallest absolute Gasteiger partial charge is 0.106 e. The molecule has 0 aromatic heterocycles. The summed E-state index contributed by atoms with van der Waals surface area (Å²) in [4.78, 5) is 7.40. The van der Waals surface area contributed by atoms with Crippen molar-refractivity contribution in [3.8, 4) is 0 Å². The molecule has 2 unspecified atom stereocenters. The van der Waals surface area contributed by atoms with Crippen LogP contribution in [-0.4, -0.2) is 48.1 Å². The van der Waals surface area contributed by atoms with Crippen LogP contribution in [0.5, 0.6) is 0 Å². The molecule has 0 spiro atoms. The van der Waals surface area contributed by atoms with Gasteiger partial charge in [-0.1, -0.05) is 41.3 Å². The molecule has 0 radical (unpaired) electrons. The van der Waals surface area contributed by atoms with E-state index in [4.69, 9.17) is 28.0 Å². The lowest BCUT2D eigenvalue weighted by molar-refractivity contribution is 0.0694. The highest BCUT2D eigenvalue weighted by Gasteiger charge is 2.52. The Hall–Kier alpha value is -0.810. The quantitative estimate of drug-likeness (QED) is 0.644. The second-order valence-electron chi connectivity index (χ2n) is 6.77. The summed E-state index contributed by atoms with van der Waals surface area (Å²) in [5.41, 5.74) is 2.15. The molecule has 6 heteroatoms. The van der Waals surface area contributed by atoms with Crippen LogP contribution in [0.1, 0.15) is 37.7 Å². The predicted molar refractivity (Wildman–Crippen MR) is 98.0 cm³/mol. The van der Waals surface area contributed by atoms with Gasteiger partial charge in [-0.05, 0) is 49.9 Å². The Bertz CT molecular complexity index is 637. The molecule has 0 amide bonds. The number of fused-ring (bicyclic) bond motifs is 2. The minimum absolute atomic E-state index is 0.0528. The molecule has 0 aliphatic carbocycles. The highest BCUT2D eigenvalue weighted by atomic mass is 35.5. The second kappa shape index (κ2) is 7.20. The molecule has 2 aliphatic rings. The fourth-order valence-electron chi connectivity index (χ4n) is 4.53. The number of oxime groups is 1. The Labute approximate surface area is 153 Å². The molecule has 24 heavy (non-hydrogen) atoms. The zero-order valence-electron chi connectivity index (χ0n) is 14.2. The zero-order valence-corrected chi connectivity index (χ0v) is 15.8. The van der Waals surface area contributed by atoms with Gasteiger partial charge in [0.1, 0.15) is 7.11 Å². The van der Waals surface area contributed by atoms with Gasteiger partial charge >= 0.3 is 0 Å². The van der Waals surface area contributed by atoms with Gasteiger partial charge in [-0.2, -0.15) is 0 Å². The van der Waals surface area contributed by atoms with E-state index in [1.54, 1.807) is 7.11 Å². The van der Waals surface area contributed by atoms with Gasteiger partial charge < -0.3 is 9.94 Å². The average Bonchev–Trinajstić information content (AvgIpc) is 2.74. The summed E-state index contributed by atoms with van der Waals surface area (Å²) in [7, 11) is 3.67. The maximum atomic E-state index is 10.6. The van der Waals surface area contributed by atoms with E-state index in [-0.39, 0.29) is 24.0 Å². The van der Waals surface area contributed by atoms with Crippen LogP contribution in [0.4, 0.5) is 0 Å². The molecular weight excluding hydrogens is 347 g/mol. The van der Waals surface area contributed by atoms with Crippen molar-refractivity contribution in [1.29, 1.82) is 0 Å². The van der Waals surface area contributed by atoms with Crippen molar-refractivity contribution in [1.82, 2.24) is 4.90 Å². The van der Waals surface area contributed by atoms with Gasteiger partial charge in [0.15, 0.2) is 0 Å². The van der Waals surface area contributed by atoms with Crippen LogP contribution in [0.3, 0.4) is 0 Å². The first-order valence-electron chi connectivity index (χ1n) is 8.42. The Morgan fingerprint density at radius 2 is 2.08 bits per heavy atom. The van der Waals surface area contributed by atoms with Crippen LogP contribution in [0.15, 0.2) is 23.4 Å². The van der Waals surface area contributed by atoms with Crippen LogP contribution >= 0.6 is 23.2 Å². The molecule has 2 bridgehead atoms. The van der Waals surface area contributed by atoms with Crippen molar-refractivity contribution >= 4 is 28.9 Å². The lowest BCUT2D eigenvalue weighted by atomic mass is 9.73. The van der Waals surface area contributed by atoms with Gasteiger partial charge in [0.25, 0.3) is 0 Å². The van der Waals surface area contributed by atoms with Gasteiger partial charge in [0.2, 0.25) is 0 Å². The third-order valence-electron chi connectivity index (χ3n) is 5.61. The maximum absolute atomic E-state index is 10.6. The van der Waals surface area contributed by atoms with E-state index in [9.17, 15) is 5.11 Å². The maximum Gasteiger partial charge on any atom is 0.106 e. The van der Waals surface area contributed by atoms with Crippen LogP contribution in [0.25, 0.3) is 0 Å². The third kappa shape index (κ3) is 3.05. The minimum Gasteiger partial charge on any atom is -0.399 e. The number of likely N-dealkylation sites (N-methyl/N-ethyl adjacent to an activating group) is 1. The van der Waals surface area contributed by atoms with Gasteiger partial charge in [0, 0.05) is 18.0 Å². The number of rotatable bonds is 4. The molecule has 2 aliphatic heterocycles. The van der Waals surface area contributed by atoms with Crippen molar-refractivity contribution < 1.29 is 9.94 Å². The summed E-state index contributed by atoms with van der Waals surface area (Å²) in [5.74, 6) is 0.350. The molecule has 2 saturated heterocycles. The van der Waals surface area contributed by atoms with Crippen LogP contribution in [-0.2, 0) is 4.84 Å². The number of aliphatic hydroxyl groups excluding tert-OH is 1. The molecule has 1 N–H and O–H groups in total. The summed E-state index contributed by atoms with van der Waals surface area (Å²) in [6.45, 7) is 2.08. The summed E-state index contributed by atoms with van der Waals surface area (Å²) >= 11 is 12.3. The van der Waals surface area contributed by atoms with Gasteiger partial charge in [-0.25, -0.2) is 0 Å². The predicted octanol–water partition coefficient (Wildman–Crippen LogP) is 3.94. The van der Waals surface area contributed by atoms with Crippen LogP contribution in [0, 0.1) is 5.92 Å². The van der Waals surface area contributed by atoms with Crippen molar-refractivity contribution in [2.45, 2.75) is 50.3 Å². The molecular formula is C18H24Cl2N2O2. The number of hydrogen-bond donors (Lipinski definition) is 1. The van der Waals surface area contributed by atoms with Crippen LogP contribution in [0.2, 0.25) is 10.0 Å². The molecule has 5 atom stereocenters. The van der Waals surface area contributed by atoms with E-state index in [2.05, 4.69) is 24.0 Å². The minimum atomic E-state index is -0.341. The SMILES string of the molecule is CCC(=NOC)[C@H]1[C@@H](c2ccc(Cl)c(Cl)c2)CC2CC(O)[C@H]1N2C. The summed E-state index contributed by atoms with van der Waals surface area (Å²) in [6, 6.07) is 6.28. The standard InChI is InChI=1S/C18H24Cl2N2O2/c1-4-15(21-24-3)17-12(10-5-6-13(19)14(20)7-10)8-11-9-16(23)18(17)22(11)2/h5-7,11-12,16-18,23H,4,8-9H2,1-3H3/t11?,12-,16?,17-,18-/m1/s1. The normalized spacial score (nSPS) is 33.8. The van der Waals surface area contributed by atoms with E-state index in [0.29, 0.717) is 16.1 Å². The average molecular weight is 371 g/mol. The largest absolute Gasteiger partial charge is 0.399 e. The van der Waals surface area contributed by atoms with Crippen molar-refractivity contribution in [3.05, 3.63) is 33.8 Å². The summed E-state index contributed by atoms with van der Waals surface area (Å²) < 4.78 is 0. The van der Waals surface area contributed by atoms with E-state index < -0.39 is 0 Å². The lowest BCUT2D eigenvalue weighted by Crippen LogP contribution is -2.51. The number of nitrogens with zero attached hydrogens (tertiary/aromatic N) is 2. The van der Waals surface area contributed by atoms with E-state index in [0.717, 1.165) is 30.5 Å². The number of piperidine rings is 1. The molecule has 1 aromatic rings.